The van der Waals surface area contributed by atoms with Crippen LogP contribution in [0.15, 0.2) is 48.8 Å². The van der Waals surface area contributed by atoms with Crippen LogP contribution in [-0.4, -0.2) is 44.1 Å². The molecule has 3 aromatic rings. The van der Waals surface area contributed by atoms with Crippen LogP contribution in [0, 0.1) is 17.0 Å². The fourth-order valence-corrected chi connectivity index (χ4v) is 3.69. The lowest BCUT2D eigenvalue weighted by Gasteiger charge is -2.16. The van der Waals surface area contributed by atoms with Crippen LogP contribution in [0.25, 0.3) is 0 Å². The van der Waals surface area contributed by atoms with Crippen molar-refractivity contribution in [3.63, 3.8) is 0 Å². The maximum atomic E-state index is 12.8. The summed E-state index contributed by atoms with van der Waals surface area (Å²) < 4.78 is 0. The van der Waals surface area contributed by atoms with Crippen LogP contribution in [0.5, 0.6) is 0 Å². The van der Waals surface area contributed by atoms with Crippen molar-refractivity contribution in [2.24, 2.45) is 0 Å². The number of hydrogen-bond acceptors (Lipinski definition) is 8. The second-order valence-corrected chi connectivity index (χ2v) is 7.60. The normalized spacial score (nSPS) is 12.5. The molecule has 11 nitrogen and oxygen atoms in total. The van der Waals surface area contributed by atoms with Gasteiger partial charge in [-0.15, -0.1) is 0 Å². The van der Waals surface area contributed by atoms with Gasteiger partial charge in [-0.25, -0.2) is 9.97 Å². The summed E-state index contributed by atoms with van der Waals surface area (Å²) in [7, 11) is 0. The number of imide groups is 1. The van der Waals surface area contributed by atoms with Crippen molar-refractivity contribution in [2.75, 3.05) is 17.2 Å². The van der Waals surface area contributed by atoms with Crippen LogP contribution in [0.4, 0.5) is 22.9 Å². The van der Waals surface area contributed by atoms with Gasteiger partial charge in [-0.05, 0) is 37.1 Å². The fourth-order valence-electron chi connectivity index (χ4n) is 3.69. The molecule has 1 aliphatic heterocycles. The monoisotopic (exact) mass is 460 g/mol. The highest BCUT2D eigenvalue weighted by molar-refractivity contribution is 6.24. The van der Waals surface area contributed by atoms with Gasteiger partial charge in [-0.3, -0.25) is 29.4 Å². The minimum absolute atomic E-state index is 0.0902. The van der Waals surface area contributed by atoms with E-state index in [9.17, 15) is 24.5 Å². The van der Waals surface area contributed by atoms with Gasteiger partial charge in [0.15, 0.2) is 0 Å². The number of aromatic nitrogens is 2. The molecule has 3 amide bonds. The van der Waals surface area contributed by atoms with E-state index in [2.05, 4.69) is 20.6 Å². The van der Waals surface area contributed by atoms with E-state index in [-0.39, 0.29) is 11.1 Å². The third-order valence-corrected chi connectivity index (χ3v) is 5.32. The van der Waals surface area contributed by atoms with Gasteiger partial charge in [-0.1, -0.05) is 19.1 Å². The van der Waals surface area contributed by atoms with E-state index in [0.29, 0.717) is 28.5 Å². The van der Waals surface area contributed by atoms with E-state index in [1.165, 1.54) is 18.5 Å². The summed E-state index contributed by atoms with van der Waals surface area (Å²) in [5.41, 5.74) is 1.95. The number of hydrogen-bond donors (Lipinski definition) is 2. The van der Waals surface area contributed by atoms with Crippen molar-refractivity contribution >= 4 is 40.6 Å². The average Bonchev–Trinajstić information content (AvgIpc) is 3.04. The largest absolute Gasteiger partial charge is 0.340 e. The van der Waals surface area contributed by atoms with E-state index in [0.717, 1.165) is 17.3 Å². The average molecular weight is 460 g/mol. The zero-order valence-electron chi connectivity index (χ0n) is 18.4. The number of nitrogens with zero attached hydrogens (tertiary/aromatic N) is 4. The minimum atomic E-state index is -0.868. The fraction of sp³-hybridized carbons (Fsp3) is 0.174. The number of amides is 3. The molecular weight excluding hydrogens is 440 g/mol. The number of rotatable bonds is 7. The smallest absolute Gasteiger partial charge is 0.282 e. The first-order chi connectivity index (χ1) is 16.3. The van der Waals surface area contributed by atoms with Crippen LogP contribution in [0.1, 0.15) is 38.9 Å². The van der Waals surface area contributed by atoms with E-state index in [1.807, 2.05) is 26.0 Å². The summed E-state index contributed by atoms with van der Waals surface area (Å²) in [6, 6.07) is 11.0. The lowest BCUT2D eigenvalue weighted by atomic mass is 10.1. The van der Waals surface area contributed by atoms with Crippen molar-refractivity contribution < 1.29 is 19.3 Å². The molecule has 0 spiro atoms. The molecule has 0 radical (unpaired) electrons. The van der Waals surface area contributed by atoms with Crippen LogP contribution < -0.4 is 10.6 Å². The maximum absolute atomic E-state index is 12.8. The molecular formula is C23H20N6O5. The summed E-state index contributed by atoms with van der Waals surface area (Å²) in [6.45, 7) is 3.19. The number of aryl methyl sites for hydroxylation is 2. The lowest BCUT2D eigenvalue weighted by molar-refractivity contribution is -0.385. The molecule has 0 saturated heterocycles. The van der Waals surface area contributed by atoms with Gasteiger partial charge in [0, 0.05) is 29.2 Å². The number of nitrogens with one attached hydrogen (secondary N) is 2. The van der Waals surface area contributed by atoms with Gasteiger partial charge in [0.25, 0.3) is 17.5 Å². The SMILES string of the molecule is CCc1ccc(Nc2cc(C)ncn2)cc1NC(=O)CN1C(=O)c2cccc([N+](=O)[O-])c2C1=O. The summed E-state index contributed by atoms with van der Waals surface area (Å²) in [5.74, 6) is -1.64. The van der Waals surface area contributed by atoms with Gasteiger partial charge in [-0.2, -0.15) is 0 Å². The van der Waals surface area contributed by atoms with Crippen LogP contribution in [-0.2, 0) is 11.2 Å². The summed E-state index contributed by atoms with van der Waals surface area (Å²) in [6.07, 6.45) is 2.06. The molecule has 11 heteroatoms. The van der Waals surface area contributed by atoms with E-state index < -0.39 is 34.9 Å². The highest BCUT2D eigenvalue weighted by atomic mass is 16.6. The molecule has 2 heterocycles. The third-order valence-electron chi connectivity index (χ3n) is 5.32. The maximum Gasteiger partial charge on any atom is 0.282 e. The predicted molar refractivity (Wildman–Crippen MR) is 123 cm³/mol. The Hall–Kier alpha value is -4.67. The van der Waals surface area contributed by atoms with Gasteiger partial charge in [0.2, 0.25) is 5.91 Å². The Kier molecular flexibility index (Phi) is 6.00. The zero-order chi connectivity index (χ0) is 24.4. The molecule has 1 aromatic heterocycles. The summed E-state index contributed by atoms with van der Waals surface area (Å²) >= 11 is 0. The molecule has 0 bridgehead atoms. The molecule has 0 fully saturated rings. The Bertz CT molecular complexity index is 1340. The number of nitro benzene ring substituents is 1. The van der Waals surface area contributed by atoms with Crippen molar-refractivity contribution in [3.8, 4) is 0 Å². The van der Waals surface area contributed by atoms with Crippen LogP contribution in [0.3, 0.4) is 0 Å². The van der Waals surface area contributed by atoms with Gasteiger partial charge in [0.05, 0.1) is 10.5 Å². The quantitative estimate of drug-likeness (QED) is 0.310. The second kappa shape index (κ2) is 9.06. The molecule has 172 valence electrons. The minimum Gasteiger partial charge on any atom is -0.340 e. The Morgan fingerprint density at radius 3 is 2.62 bits per heavy atom. The number of nitro groups is 1. The molecule has 2 aromatic carbocycles. The third kappa shape index (κ3) is 4.31. The molecule has 4 rings (SSSR count). The predicted octanol–water partition coefficient (Wildman–Crippen LogP) is 3.23. The van der Waals surface area contributed by atoms with Crippen LogP contribution in [0.2, 0.25) is 0 Å². The molecule has 34 heavy (non-hydrogen) atoms. The van der Waals surface area contributed by atoms with Crippen molar-refractivity contribution in [1.82, 2.24) is 14.9 Å². The first-order valence-corrected chi connectivity index (χ1v) is 10.4. The number of fused-ring (bicyclic) bond motifs is 1. The highest BCUT2D eigenvalue weighted by Gasteiger charge is 2.41. The first-order valence-electron chi connectivity index (χ1n) is 10.4. The Balaban J connectivity index is 1.53. The molecule has 0 atom stereocenters. The molecule has 0 saturated carbocycles. The zero-order valence-corrected chi connectivity index (χ0v) is 18.4. The van der Waals surface area contributed by atoms with Crippen molar-refractivity contribution in [1.29, 1.82) is 0 Å². The van der Waals surface area contributed by atoms with Gasteiger partial charge in [0.1, 0.15) is 24.3 Å². The van der Waals surface area contributed by atoms with Crippen molar-refractivity contribution in [2.45, 2.75) is 20.3 Å². The second-order valence-electron chi connectivity index (χ2n) is 7.60. The lowest BCUT2D eigenvalue weighted by Crippen LogP contribution is -2.37. The highest BCUT2D eigenvalue weighted by Crippen LogP contribution is 2.31. The standard InChI is InChI=1S/C23H20N6O5/c1-3-14-7-8-15(26-19-9-13(2)24-12-25-19)10-17(14)27-20(30)11-28-22(31)16-5-4-6-18(29(33)34)21(16)23(28)32/h4-10,12H,3,11H2,1-2H3,(H,27,30)(H,24,25,26). The number of carbonyl (C=O) groups is 3. The number of carbonyl (C=O) groups excluding carboxylic acids is 3. The van der Waals surface area contributed by atoms with Gasteiger partial charge < -0.3 is 10.6 Å². The van der Waals surface area contributed by atoms with Crippen molar-refractivity contribution in [3.05, 3.63) is 81.3 Å². The molecule has 0 aliphatic carbocycles. The van der Waals surface area contributed by atoms with E-state index >= 15 is 0 Å². The van der Waals surface area contributed by atoms with Gasteiger partial charge >= 0.3 is 0 Å². The van der Waals surface area contributed by atoms with E-state index in [1.54, 1.807) is 12.1 Å². The first kappa shape index (κ1) is 22.5. The Labute approximate surface area is 194 Å². The molecule has 1 aliphatic rings. The van der Waals surface area contributed by atoms with E-state index in [4.69, 9.17) is 0 Å². The molecule has 2 N–H and O–H groups in total. The summed E-state index contributed by atoms with van der Waals surface area (Å²) in [4.78, 5) is 57.6. The Morgan fingerprint density at radius 1 is 1.12 bits per heavy atom. The Morgan fingerprint density at radius 2 is 1.91 bits per heavy atom. The summed E-state index contributed by atoms with van der Waals surface area (Å²) in [5, 5.41) is 17.1. The number of benzene rings is 2. The molecule has 0 unspecified atom stereocenters. The van der Waals surface area contributed by atoms with Crippen LogP contribution >= 0.6 is 0 Å². The number of anilines is 3. The topological polar surface area (TPSA) is 147 Å².